The normalized spacial score (nSPS) is 18.2. The number of nitrogens with zero attached hydrogens (tertiary/aromatic N) is 5. The largest absolute Gasteiger partial charge is 0.339 e. The monoisotopic (exact) mass is 323 g/mol. The first-order valence-electron chi connectivity index (χ1n) is 7.33. The molecule has 0 N–H and O–H groups in total. The highest BCUT2D eigenvalue weighted by molar-refractivity contribution is 6.33. The number of hydrogen-bond donors (Lipinski definition) is 0. The number of likely N-dealkylation sites (tertiary alicyclic amines) is 1. The van der Waals surface area contributed by atoms with Crippen LogP contribution in [0.2, 0.25) is 5.15 Å². The zero-order chi connectivity index (χ0) is 15.9. The molecule has 8 heteroatoms. The van der Waals surface area contributed by atoms with Crippen LogP contribution in [0.4, 0.5) is 0 Å². The second-order valence-corrected chi connectivity index (χ2v) is 5.84. The summed E-state index contributed by atoms with van der Waals surface area (Å²) in [6.45, 7) is 7.38. The highest BCUT2D eigenvalue weighted by Crippen LogP contribution is 2.29. The molecule has 1 aliphatic heterocycles. The maximum atomic E-state index is 12.7. The highest BCUT2D eigenvalue weighted by Gasteiger charge is 2.33. The zero-order valence-electron chi connectivity index (χ0n) is 12.8. The van der Waals surface area contributed by atoms with Crippen molar-refractivity contribution >= 4 is 17.5 Å². The number of rotatable bonds is 3. The molecular formula is C14H18ClN5O2. The Morgan fingerprint density at radius 1 is 1.45 bits per heavy atom. The number of hydrogen-bond acceptors (Lipinski definition) is 5. The van der Waals surface area contributed by atoms with Gasteiger partial charge in [0.1, 0.15) is 5.15 Å². The number of aryl methyl sites for hydroxylation is 3. The van der Waals surface area contributed by atoms with Crippen molar-refractivity contribution in [3.8, 4) is 0 Å². The summed E-state index contributed by atoms with van der Waals surface area (Å²) >= 11 is 6.27. The predicted molar refractivity (Wildman–Crippen MR) is 79.9 cm³/mol. The minimum atomic E-state index is -0.0825. The Labute approximate surface area is 133 Å². The lowest BCUT2D eigenvalue weighted by molar-refractivity contribution is 0.0789. The van der Waals surface area contributed by atoms with Crippen LogP contribution < -0.4 is 0 Å². The first-order valence-corrected chi connectivity index (χ1v) is 7.71. The Morgan fingerprint density at radius 2 is 2.23 bits per heavy atom. The molecule has 1 saturated heterocycles. The highest BCUT2D eigenvalue weighted by atomic mass is 35.5. The second-order valence-electron chi connectivity index (χ2n) is 5.48. The maximum absolute atomic E-state index is 12.7. The quantitative estimate of drug-likeness (QED) is 0.865. The van der Waals surface area contributed by atoms with Gasteiger partial charge in [-0.1, -0.05) is 16.8 Å². The van der Waals surface area contributed by atoms with Crippen molar-refractivity contribution < 1.29 is 9.32 Å². The topological polar surface area (TPSA) is 77.1 Å². The Hall–Kier alpha value is -1.89. The molecule has 118 valence electrons. The van der Waals surface area contributed by atoms with Crippen molar-refractivity contribution in [2.75, 3.05) is 13.1 Å². The summed E-state index contributed by atoms with van der Waals surface area (Å²) in [6.07, 6.45) is 0.811. The van der Waals surface area contributed by atoms with Crippen LogP contribution in [0.3, 0.4) is 0 Å². The number of aromatic nitrogens is 4. The van der Waals surface area contributed by atoms with Gasteiger partial charge in [-0.15, -0.1) is 0 Å². The Kier molecular flexibility index (Phi) is 3.90. The van der Waals surface area contributed by atoms with Gasteiger partial charge in [0.15, 0.2) is 5.82 Å². The van der Waals surface area contributed by atoms with Crippen LogP contribution in [0.25, 0.3) is 0 Å². The van der Waals surface area contributed by atoms with Gasteiger partial charge in [-0.05, 0) is 27.2 Å². The molecule has 0 aromatic carbocycles. The molecule has 1 amide bonds. The Balaban J connectivity index is 1.78. The van der Waals surface area contributed by atoms with Crippen LogP contribution in [-0.2, 0) is 6.54 Å². The van der Waals surface area contributed by atoms with Crippen molar-refractivity contribution in [2.45, 2.75) is 39.7 Å². The number of carbonyl (C=O) groups is 1. The van der Waals surface area contributed by atoms with E-state index in [0.29, 0.717) is 47.8 Å². The zero-order valence-corrected chi connectivity index (χ0v) is 13.6. The average Bonchev–Trinajstić information content (AvgIpc) is 3.17. The van der Waals surface area contributed by atoms with E-state index in [4.69, 9.17) is 16.1 Å². The van der Waals surface area contributed by atoms with E-state index in [1.54, 1.807) is 23.4 Å². The van der Waals surface area contributed by atoms with Gasteiger partial charge >= 0.3 is 0 Å². The standard InChI is InChI=1S/C14H18ClN5O2/c1-4-20-12(15)11(8(2)17-20)14(21)19-6-5-10(7-19)13-16-9(3)18-22-13/h10H,4-7H2,1-3H3/t10-/m1/s1. The molecule has 0 saturated carbocycles. The van der Waals surface area contributed by atoms with E-state index in [0.717, 1.165) is 6.42 Å². The molecule has 0 spiro atoms. The molecule has 1 atom stereocenters. The van der Waals surface area contributed by atoms with Gasteiger partial charge in [0.2, 0.25) is 5.89 Å². The van der Waals surface area contributed by atoms with Crippen molar-refractivity contribution in [1.29, 1.82) is 0 Å². The first-order chi connectivity index (χ1) is 10.5. The molecule has 7 nitrogen and oxygen atoms in total. The third-order valence-electron chi connectivity index (χ3n) is 3.95. The van der Waals surface area contributed by atoms with Crippen molar-refractivity contribution in [3.63, 3.8) is 0 Å². The van der Waals surface area contributed by atoms with Gasteiger partial charge in [-0.3, -0.25) is 9.48 Å². The van der Waals surface area contributed by atoms with Crippen LogP contribution in [0, 0.1) is 13.8 Å². The van der Waals surface area contributed by atoms with E-state index in [1.165, 1.54) is 0 Å². The minimum Gasteiger partial charge on any atom is -0.339 e. The predicted octanol–water partition coefficient (Wildman–Crippen LogP) is 2.19. The van der Waals surface area contributed by atoms with Crippen molar-refractivity contribution in [1.82, 2.24) is 24.8 Å². The smallest absolute Gasteiger partial charge is 0.258 e. The molecule has 2 aromatic rings. The van der Waals surface area contributed by atoms with E-state index >= 15 is 0 Å². The fourth-order valence-electron chi connectivity index (χ4n) is 2.79. The molecular weight excluding hydrogens is 306 g/mol. The van der Waals surface area contributed by atoms with Crippen molar-refractivity contribution in [2.24, 2.45) is 0 Å². The van der Waals surface area contributed by atoms with E-state index in [-0.39, 0.29) is 11.8 Å². The molecule has 22 heavy (non-hydrogen) atoms. The number of amides is 1. The minimum absolute atomic E-state index is 0.0825. The SMILES string of the molecule is CCn1nc(C)c(C(=O)N2CC[C@@H](c3nc(C)no3)C2)c1Cl. The number of halogens is 1. The van der Waals surface area contributed by atoms with Gasteiger partial charge < -0.3 is 9.42 Å². The van der Waals surface area contributed by atoms with Crippen LogP contribution in [0.1, 0.15) is 47.0 Å². The molecule has 0 aliphatic carbocycles. The Morgan fingerprint density at radius 3 is 2.82 bits per heavy atom. The van der Waals surface area contributed by atoms with E-state index in [9.17, 15) is 4.79 Å². The van der Waals surface area contributed by atoms with Gasteiger partial charge in [0.05, 0.1) is 17.2 Å². The van der Waals surface area contributed by atoms with E-state index < -0.39 is 0 Å². The third-order valence-corrected chi connectivity index (χ3v) is 4.33. The summed E-state index contributed by atoms with van der Waals surface area (Å²) in [7, 11) is 0. The van der Waals surface area contributed by atoms with E-state index in [2.05, 4.69) is 15.2 Å². The molecule has 1 aliphatic rings. The molecule has 2 aromatic heterocycles. The molecule has 0 radical (unpaired) electrons. The lowest BCUT2D eigenvalue weighted by Gasteiger charge is -2.15. The van der Waals surface area contributed by atoms with Gasteiger partial charge in [0.25, 0.3) is 5.91 Å². The second kappa shape index (κ2) is 5.72. The summed E-state index contributed by atoms with van der Waals surface area (Å²) in [6, 6.07) is 0. The summed E-state index contributed by atoms with van der Waals surface area (Å²) in [4.78, 5) is 18.8. The molecule has 0 unspecified atom stereocenters. The third kappa shape index (κ3) is 2.49. The van der Waals surface area contributed by atoms with Crippen LogP contribution in [-0.4, -0.2) is 43.8 Å². The maximum Gasteiger partial charge on any atom is 0.258 e. The summed E-state index contributed by atoms with van der Waals surface area (Å²) in [5.74, 6) is 1.22. The summed E-state index contributed by atoms with van der Waals surface area (Å²) < 4.78 is 6.85. The van der Waals surface area contributed by atoms with E-state index in [1.807, 2.05) is 6.92 Å². The first kappa shape index (κ1) is 15.0. The fourth-order valence-corrected chi connectivity index (χ4v) is 3.16. The Bertz CT molecular complexity index is 708. The lowest BCUT2D eigenvalue weighted by Crippen LogP contribution is -2.29. The van der Waals surface area contributed by atoms with Gasteiger partial charge in [-0.25, -0.2) is 0 Å². The number of carbonyl (C=O) groups excluding carboxylic acids is 1. The summed E-state index contributed by atoms with van der Waals surface area (Å²) in [5.41, 5.74) is 1.15. The van der Waals surface area contributed by atoms with Crippen LogP contribution in [0.5, 0.6) is 0 Å². The average molecular weight is 324 g/mol. The van der Waals surface area contributed by atoms with Crippen LogP contribution >= 0.6 is 11.6 Å². The summed E-state index contributed by atoms with van der Waals surface area (Å²) in [5, 5.41) is 8.51. The van der Waals surface area contributed by atoms with Crippen LogP contribution in [0.15, 0.2) is 4.52 Å². The van der Waals surface area contributed by atoms with Crippen molar-refractivity contribution in [3.05, 3.63) is 28.1 Å². The molecule has 1 fully saturated rings. The fraction of sp³-hybridized carbons (Fsp3) is 0.571. The molecule has 3 heterocycles. The molecule has 0 bridgehead atoms. The van der Waals surface area contributed by atoms with Gasteiger partial charge in [-0.2, -0.15) is 10.1 Å². The lowest BCUT2D eigenvalue weighted by atomic mass is 10.1. The van der Waals surface area contributed by atoms with Gasteiger partial charge in [0, 0.05) is 19.6 Å². The molecule has 3 rings (SSSR count).